The summed E-state index contributed by atoms with van der Waals surface area (Å²) in [5.41, 5.74) is 7.97. The van der Waals surface area contributed by atoms with E-state index in [1.807, 2.05) is 128 Å². The van der Waals surface area contributed by atoms with Crippen molar-refractivity contribution < 1.29 is 37.2 Å². The summed E-state index contributed by atoms with van der Waals surface area (Å²) in [6, 6.07) is 27.6. The summed E-state index contributed by atoms with van der Waals surface area (Å²) in [5.74, 6) is -1.82. The van der Waals surface area contributed by atoms with Crippen LogP contribution in [0.15, 0.2) is 147 Å². The van der Waals surface area contributed by atoms with Crippen LogP contribution < -0.4 is 30.9 Å². The quantitative estimate of drug-likeness (QED) is 0.0884. The van der Waals surface area contributed by atoms with Crippen LogP contribution in [0.25, 0.3) is 0 Å². The first-order valence-electron chi connectivity index (χ1n) is 24.3. The van der Waals surface area contributed by atoms with Gasteiger partial charge >= 0.3 is 0 Å². The minimum Gasteiger partial charge on any atom is -0.370 e. The minimum atomic E-state index is -3.28. The summed E-state index contributed by atoms with van der Waals surface area (Å²) in [6.45, 7) is 18.4. The Labute approximate surface area is 432 Å². The number of rotatable bonds is 12. The van der Waals surface area contributed by atoms with Crippen molar-refractivity contribution in [2.45, 2.75) is 75.2 Å². The lowest BCUT2D eigenvalue weighted by Crippen LogP contribution is -2.46. The van der Waals surface area contributed by atoms with Crippen LogP contribution in [0, 0.1) is 38.5 Å². The fourth-order valence-electron chi connectivity index (χ4n) is 9.24. The number of hydrogen-bond acceptors (Lipinski definition) is 11. The smallest absolute Gasteiger partial charge is 0.256 e. The molecule has 2 aliphatic carbocycles. The first-order chi connectivity index (χ1) is 34.8. The highest BCUT2D eigenvalue weighted by atomic mass is 32.2. The van der Waals surface area contributed by atoms with Gasteiger partial charge in [-0.05, 0) is 106 Å². The molecule has 0 atom stereocenters. The summed E-state index contributed by atoms with van der Waals surface area (Å²) in [4.78, 5) is 89.7. The molecule has 0 unspecified atom stereocenters. The molecule has 16 nitrogen and oxygen atoms in total. The molecular formula is C57H62N8O8S. The molecule has 4 aliphatic rings. The van der Waals surface area contributed by atoms with Crippen molar-refractivity contribution in [3.05, 3.63) is 170 Å². The zero-order valence-electron chi connectivity index (χ0n) is 43.4. The Morgan fingerprint density at radius 2 is 1.23 bits per heavy atom. The monoisotopic (exact) mass is 1020 g/mol. The Bertz CT molecular complexity index is 3320. The van der Waals surface area contributed by atoms with Gasteiger partial charge in [0.2, 0.25) is 33.4 Å². The molecule has 2 heterocycles. The standard InChI is InChI=1S/C31H37N5O5S.C26H25N3O3/c1-7-36(14-13-32-42(6,40)41)22-11-12-23(20(3)16-22)33-24-17-25(34-30(39)21-10-8-9-19(2)15-21)29(38)27-28(24)35-26(37)18-31(27,4)5;1-15-9-11-17(12-10-15)27-19-13-20(28-25(32)18-8-6-5-7-16(18)2)24(31)22-23(19)29-21(30)14-26(22,3)4/h8-12,15-17,32H,7,13-14,18H2,1-6H3,(H,34,39)(H,35,37);5-13H,14H2,1-4H3,(H,28,32)(H,29,30). The predicted octanol–water partition coefficient (Wildman–Crippen LogP) is 7.52. The van der Waals surface area contributed by atoms with Crippen LogP contribution in [-0.4, -0.2) is 80.9 Å². The molecule has 4 aromatic rings. The Morgan fingerprint density at radius 1 is 0.662 bits per heavy atom. The van der Waals surface area contributed by atoms with E-state index in [0.717, 1.165) is 34.2 Å². The summed E-state index contributed by atoms with van der Waals surface area (Å²) in [5, 5.41) is 11.2. The Morgan fingerprint density at radius 3 is 1.77 bits per heavy atom. The Hall–Kier alpha value is -7.89. The molecule has 0 radical (unpaired) electrons. The number of anilines is 1. The number of likely N-dealkylation sites (N-methyl/N-ethyl adjacent to an activating group) is 1. The van der Waals surface area contributed by atoms with Gasteiger partial charge in [0.1, 0.15) is 0 Å². The number of nitrogens with zero attached hydrogens (tertiary/aromatic N) is 3. The number of sulfonamides is 1. The number of aliphatic imine (C=N–C) groups is 2. The van der Waals surface area contributed by atoms with Gasteiger partial charge in [-0.15, -0.1) is 0 Å². The van der Waals surface area contributed by atoms with E-state index >= 15 is 0 Å². The topological polar surface area (TPSA) is 225 Å². The molecule has 384 valence electrons. The highest BCUT2D eigenvalue weighted by molar-refractivity contribution is 7.88. The van der Waals surface area contributed by atoms with Crippen LogP contribution in [0.2, 0.25) is 0 Å². The Kier molecular flexibility index (Phi) is 15.8. The highest BCUT2D eigenvalue weighted by Gasteiger charge is 2.44. The predicted molar refractivity (Wildman–Crippen MR) is 288 cm³/mol. The van der Waals surface area contributed by atoms with Crippen LogP contribution >= 0.6 is 0 Å². The van der Waals surface area contributed by atoms with Crippen molar-refractivity contribution >= 4 is 73.7 Å². The second kappa shape index (κ2) is 21.7. The molecule has 5 N–H and O–H groups in total. The fourth-order valence-corrected chi connectivity index (χ4v) is 9.70. The number of hydrogen-bond donors (Lipinski definition) is 5. The second-order valence-corrected chi connectivity index (χ2v) is 22.0. The van der Waals surface area contributed by atoms with Crippen molar-refractivity contribution in [3.8, 4) is 0 Å². The molecule has 0 saturated carbocycles. The van der Waals surface area contributed by atoms with Gasteiger partial charge in [-0.3, -0.25) is 28.8 Å². The lowest BCUT2D eigenvalue weighted by Gasteiger charge is -2.36. The molecule has 8 rings (SSSR count). The molecule has 2 aliphatic heterocycles. The molecule has 0 fully saturated rings. The zero-order valence-corrected chi connectivity index (χ0v) is 44.2. The third kappa shape index (κ3) is 12.5. The third-order valence-corrected chi connectivity index (χ3v) is 13.7. The number of allylic oxidation sites excluding steroid dienone is 4. The van der Waals surface area contributed by atoms with Crippen LogP contribution in [0.1, 0.15) is 90.4 Å². The summed E-state index contributed by atoms with van der Waals surface area (Å²) in [7, 11) is -3.28. The average Bonchev–Trinajstić information content (AvgIpc) is 3.31. The van der Waals surface area contributed by atoms with Crippen LogP contribution in [0.3, 0.4) is 0 Å². The third-order valence-electron chi connectivity index (χ3n) is 13.0. The van der Waals surface area contributed by atoms with E-state index in [2.05, 4.69) is 31.0 Å². The number of Topliss-reactive ketones (excluding diaryl/α,β-unsaturated/α-hetero) is 2. The van der Waals surface area contributed by atoms with E-state index in [4.69, 9.17) is 4.99 Å². The lowest BCUT2D eigenvalue weighted by atomic mass is 9.72. The van der Waals surface area contributed by atoms with Gasteiger partial charge in [0.15, 0.2) is 0 Å². The minimum absolute atomic E-state index is 0.0908. The number of nitrogens with one attached hydrogen (secondary N) is 5. The fraction of sp³-hybridized carbons (Fsp3) is 0.298. The number of aryl methyl sites for hydroxylation is 4. The van der Waals surface area contributed by atoms with Gasteiger partial charge in [-0.1, -0.05) is 81.3 Å². The number of amides is 4. The molecule has 4 aromatic carbocycles. The van der Waals surface area contributed by atoms with Gasteiger partial charge in [-0.2, -0.15) is 0 Å². The maximum Gasteiger partial charge on any atom is 0.256 e. The SMILES string of the molecule is CCN(CCNS(C)(=O)=O)c1ccc(N=C2C=C(NC(=O)c3cccc(C)c3)C(=O)C3=C2NC(=O)CC3(C)C)c(C)c1.Cc1ccc(N=C2C=C(NC(=O)c3ccccc3C)C(=O)C3=C2NC(=O)CC3(C)C)cc1. The lowest BCUT2D eigenvalue weighted by molar-refractivity contribution is -0.124. The summed E-state index contributed by atoms with van der Waals surface area (Å²) >= 11 is 0. The molecule has 0 aromatic heterocycles. The highest BCUT2D eigenvalue weighted by Crippen LogP contribution is 2.41. The van der Waals surface area contributed by atoms with Crippen LogP contribution in [0.4, 0.5) is 17.1 Å². The first kappa shape index (κ1) is 53.9. The average molecular weight is 1020 g/mol. The molecule has 0 bridgehead atoms. The van der Waals surface area contributed by atoms with Crippen molar-refractivity contribution in [2.24, 2.45) is 20.8 Å². The van der Waals surface area contributed by atoms with Crippen LogP contribution in [0.5, 0.6) is 0 Å². The van der Waals surface area contributed by atoms with E-state index in [0.29, 0.717) is 69.6 Å². The number of carbonyl (C=O) groups excluding carboxylic acids is 6. The van der Waals surface area contributed by atoms with Gasteiger partial charge < -0.3 is 26.2 Å². The first-order valence-corrected chi connectivity index (χ1v) is 26.2. The maximum absolute atomic E-state index is 13.7. The van der Waals surface area contributed by atoms with E-state index in [1.54, 1.807) is 36.4 Å². The summed E-state index contributed by atoms with van der Waals surface area (Å²) < 4.78 is 25.4. The van der Waals surface area contributed by atoms with E-state index in [9.17, 15) is 37.2 Å². The Balaban J connectivity index is 0.000000224. The normalized spacial score (nSPS) is 18.0. The second-order valence-electron chi connectivity index (χ2n) is 20.1. The molecule has 17 heteroatoms. The van der Waals surface area contributed by atoms with Crippen molar-refractivity contribution in [1.29, 1.82) is 0 Å². The van der Waals surface area contributed by atoms with Gasteiger partial charge in [0, 0.05) is 71.3 Å². The maximum atomic E-state index is 13.7. The summed E-state index contributed by atoms with van der Waals surface area (Å²) in [6.07, 6.45) is 4.48. The molecule has 74 heavy (non-hydrogen) atoms. The van der Waals surface area contributed by atoms with Gasteiger partial charge in [0.05, 0.1) is 51.8 Å². The number of carbonyl (C=O) groups is 6. The van der Waals surface area contributed by atoms with Crippen molar-refractivity contribution in [3.63, 3.8) is 0 Å². The van der Waals surface area contributed by atoms with Crippen molar-refractivity contribution in [2.75, 3.05) is 30.8 Å². The van der Waals surface area contributed by atoms with Crippen LogP contribution in [-0.2, 0) is 29.2 Å². The van der Waals surface area contributed by atoms with E-state index in [1.165, 1.54) is 6.08 Å². The molecular weight excluding hydrogens is 957 g/mol. The molecule has 0 spiro atoms. The number of ketones is 2. The van der Waals surface area contributed by atoms with Gasteiger partial charge in [-0.25, -0.2) is 23.1 Å². The zero-order chi connectivity index (χ0) is 53.9. The van der Waals surface area contributed by atoms with Gasteiger partial charge in [0.25, 0.3) is 11.8 Å². The largest absolute Gasteiger partial charge is 0.370 e. The molecule has 4 amide bonds. The number of benzene rings is 4. The molecule has 0 saturated heterocycles. The van der Waals surface area contributed by atoms with Crippen molar-refractivity contribution in [1.82, 2.24) is 26.0 Å². The van der Waals surface area contributed by atoms with E-state index < -0.39 is 26.8 Å². The van der Waals surface area contributed by atoms with E-state index in [-0.39, 0.29) is 60.1 Å².